The van der Waals surface area contributed by atoms with Crippen molar-refractivity contribution in [1.82, 2.24) is 0 Å². The number of hydrogen-bond donors (Lipinski definition) is 2. The van der Waals surface area contributed by atoms with Crippen molar-refractivity contribution < 1.29 is 23.1 Å². The Balaban J connectivity index is 3.14. The quantitative estimate of drug-likeness (QED) is 0.532. The van der Waals surface area contributed by atoms with E-state index in [0.29, 0.717) is 24.7 Å². The number of alkyl halides is 1. The van der Waals surface area contributed by atoms with Gasteiger partial charge in [0.05, 0.1) is 11.5 Å². The molecular weight excluding hydrogens is 354 g/mol. The highest BCUT2D eigenvalue weighted by molar-refractivity contribution is 7.93. The third kappa shape index (κ3) is 4.84. The molecule has 0 amide bonds. The lowest BCUT2D eigenvalue weighted by atomic mass is 9.88. The van der Waals surface area contributed by atoms with Crippen LogP contribution in [0.2, 0.25) is 0 Å². The van der Waals surface area contributed by atoms with Gasteiger partial charge in [-0.15, -0.1) is 11.6 Å². The molecule has 0 bridgehead atoms. The van der Waals surface area contributed by atoms with Gasteiger partial charge in [-0.1, -0.05) is 20.8 Å². The molecule has 0 aliphatic rings. The molecule has 3 N–H and O–H groups in total. The lowest BCUT2D eigenvalue weighted by Gasteiger charge is -2.31. The molecule has 0 aliphatic carbocycles. The number of aliphatic carboxylic acids is 1. The second-order valence-electron chi connectivity index (χ2n) is 6.80. The van der Waals surface area contributed by atoms with E-state index < -0.39 is 26.1 Å². The molecule has 0 aliphatic heterocycles. The molecular formula is C16H24ClNO5S. The highest BCUT2D eigenvalue weighted by Crippen LogP contribution is 2.34. The predicted molar refractivity (Wildman–Crippen MR) is 93.1 cm³/mol. The van der Waals surface area contributed by atoms with E-state index in [2.05, 4.69) is 0 Å². The van der Waals surface area contributed by atoms with Crippen molar-refractivity contribution in [3.63, 3.8) is 0 Å². The smallest absolute Gasteiger partial charge is 0.339 e. The number of carboxylic acids is 1. The summed E-state index contributed by atoms with van der Waals surface area (Å²) in [5.41, 5.74) is 5.26. The Morgan fingerprint density at radius 2 is 1.79 bits per heavy atom. The fraction of sp³-hybridized carbons (Fsp3) is 0.562. The first-order valence-electron chi connectivity index (χ1n) is 7.50. The van der Waals surface area contributed by atoms with Crippen LogP contribution in [-0.4, -0.2) is 36.9 Å². The normalized spacial score (nSPS) is 14.9. The molecule has 1 rings (SSSR count). The fourth-order valence-corrected chi connectivity index (χ4v) is 4.12. The lowest BCUT2D eigenvalue weighted by molar-refractivity contribution is -0.140. The Hall–Kier alpha value is -1.31. The second-order valence-corrected chi connectivity index (χ2v) is 9.38. The zero-order chi connectivity index (χ0) is 18.6. The Kier molecular flexibility index (Phi) is 6.67. The average molecular weight is 378 g/mol. The molecule has 0 radical (unpaired) electrons. The van der Waals surface area contributed by atoms with Gasteiger partial charge >= 0.3 is 5.97 Å². The molecule has 1 atom stereocenters. The summed E-state index contributed by atoms with van der Waals surface area (Å²) in [6, 6.07) is 5.55. The average Bonchev–Trinajstić information content (AvgIpc) is 2.46. The van der Waals surface area contributed by atoms with Crippen molar-refractivity contribution in [2.75, 3.05) is 12.5 Å². The molecule has 0 saturated carbocycles. The van der Waals surface area contributed by atoms with Crippen LogP contribution >= 0.6 is 11.6 Å². The van der Waals surface area contributed by atoms with Gasteiger partial charge in [-0.25, -0.2) is 13.2 Å². The van der Waals surface area contributed by atoms with Gasteiger partial charge in [0.1, 0.15) is 5.75 Å². The van der Waals surface area contributed by atoms with Crippen molar-refractivity contribution in [2.24, 2.45) is 11.1 Å². The minimum atomic E-state index is -4.27. The summed E-state index contributed by atoms with van der Waals surface area (Å²) in [5.74, 6) is -0.624. The van der Waals surface area contributed by atoms with E-state index in [1.807, 2.05) is 0 Å². The maximum atomic E-state index is 12.8. The first-order chi connectivity index (χ1) is 10.9. The summed E-state index contributed by atoms with van der Waals surface area (Å²) in [6.07, 6.45) is 0.448. The predicted octanol–water partition coefficient (Wildman–Crippen LogP) is 2.64. The number of ether oxygens (including phenoxy) is 1. The largest absolute Gasteiger partial charge is 0.494 e. The molecule has 1 unspecified atom stereocenters. The highest BCUT2D eigenvalue weighted by Gasteiger charge is 2.50. The van der Waals surface area contributed by atoms with Crippen molar-refractivity contribution in [2.45, 2.75) is 43.4 Å². The van der Waals surface area contributed by atoms with Gasteiger partial charge in [-0.2, -0.15) is 0 Å². The van der Waals surface area contributed by atoms with E-state index in [4.69, 9.17) is 22.1 Å². The topological polar surface area (TPSA) is 107 Å². The molecule has 0 saturated heterocycles. The molecule has 0 fully saturated rings. The maximum Gasteiger partial charge on any atom is 0.339 e. The van der Waals surface area contributed by atoms with Gasteiger partial charge < -0.3 is 15.6 Å². The van der Waals surface area contributed by atoms with Crippen LogP contribution < -0.4 is 10.5 Å². The van der Waals surface area contributed by atoms with E-state index in [1.54, 1.807) is 20.8 Å². The summed E-state index contributed by atoms with van der Waals surface area (Å²) in [6.45, 7) is 5.62. The number of carbonyl (C=O) groups is 1. The fourth-order valence-electron chi connectivity index (χ4n) is 2.24. The van der Waals surface area contributed by atoms with Gasteiger partial charge in [-0.3, -0.25) is 0 Å². The molecule has 8 heteroatoms. The Labute approximate surface area is 147 Å². The maximum absolute atomic E-state index is 12.8. The van der Waals surface area contributed by atoms with E-state index in [0.717, 1.165) is 0 Å². The summed E-state index contributed by atoms with van der Waals surface area (Å²) < 4.78 is 31.0. The third-order valence-corrected chi connectivity index (χ3v) is 5.75. The number of benzene rings is 1. The number of sulfone groups is 1. The summed E-state index contributed by atoms with van der Waals surface area (Å²) >= 11 is 5.56. The van der Waals surface area contributed by atoms with Gasteiger partial charge in [0.2, 0.25) is 14.7 Å². The molecule has 1 aromatic carbocycles. The Morgan fingerprint density at radius 3 is 2.21 bits per heavy atom. The molecule has 136 valence electrons. The first kappa shape index (κ1) is 20.7. The van der Waals surface area contributed by atoms with Crippen molar-refractivity contribution in [1.29, 1.82) is 0 Å². The zero-order valence-corrected chi connectivity index (χ0v) is 15.7. The van der Waals surface area contributed by atoms with E-state index in [-0.39, 0.29) is 11.3 Å². The Morgan fingerprint density at radius 1 is 1.25 bits per heavy atom. The van der Waals surface area contributed by atoms with Crippen LogP contribution in [-0.2, 0) is 14.6 Å². The van der Waals surface area contributed by atoms with Crippen LogP contribution in [0.1, 0.15) is 33.6 Å². The molecule has 0 aromatic heterocycles. The van der Waals surface area contributed by atoms with Crippen LogP contribution in [0.4, 0.5) is 0 Å². The van der Waals surface area contributed by atoms with Gasteiger partial charge in [0.15, 0.2) is 0 Å². The van der Waals surface area contributed by atoms with Gasteiger partial charge in [0, 0.05) is 5.88 Å². The standard InChI is InChI=1S/C16H24ClNO5S/c1-15(2,3)11-16(18,14(19)20)24(21,22)13-7-5-12(6-8-13)23-10-4-9-17/h5-8H,4,9-11,18H2,1-3H3,(H,19,20). The van der Waals surface area contributed by atoms with Crippen molar-refractivity contribution in [3.8, 4) is 5.75 Å². The summed E-state index contributed by atoms with van der Waals surface area (Å²) in [7, 11) is -4.27. The van der Waals surface area contributed by atoms with Crippen LogP contribution in [0.3, 0.4) is 0 Å². The summed E-state index contributed by atoms with van der Waals surface area (Å²) in [5, 5.41) is 9.45. The minimum Gasteiger partial charge on any atom is -0.494 e. The highest BCUT2D eigenvalue weighted by atomic mass is 35.5. The van der Waals surface area contributed by atoms with Crippen LogP contribution in [0.5, 0.6) is 5.75 Å². The van der Waals surface area contributed by atoms with E-state index in [1.165, 1.54) is 24.3 Å². The number of nitrogens with two attached hydrogens (primary N) is 1. The van der Waals surface area contributed by atoms with Crippen LogP contribution in [0.25, 0.3) is 0 Å². The number of rotatable bonds is 8. The Bertz CT molecular complexity index is 667. The lowest BCUT2D eigenvalue weighted by Crippen LogP contribution is -2.56. The number of halogens is 1. The molecule has 24 heavy (non-hydrogen) atoms. The SMILES string of the molecule is CC(C)(C)CC(N)(C(=O)O)S(=O)(=O)c1ccc(OCCCCl)cc1. The van der Waals surface area contributed by atoms with Gasteiger partial charge in [0.25, 0.3) is 0 Å². The first-order valence-corrected chi connectivity index (χ1v) is 9.51. The van der Waals surface area contributed by atoms with Crippen LogP contribution in [0, 0.1) is 5.41 Å². The van der Waals surface area contributed by atoms with Crippen LogP contribution in [0.15, 0.2) is 29.2 Å². The molecule has 0 spiro atoms. The van der Waals surface area contributed by atoms with Crippen molar-refractivity contribution >= 4 is 27.4 Å². The second kappa shape index (κ2) is 7.72. The minimum absolute atomic E-state index is 0.152. The van der Waals surface area contributed by atoms with E-state index >= 15 is 0 Å². The molecule has 6 nitrogen and oxygen atoms in total. The monoisotopic (exact) mass is 377 g/mol. The van der Waals surface area contributed by atoms with E-state index in [9.17, 15) is 18.3 Å². The number of carboxylic acid groups (broad SMARTS) is 1. The summed E-state index contributed by atoms with van der Waals surface area (Å²) in [4.78, 5) is 9.07. The zero-order valence-electron chi connectivity index (χ0n) is 14.1. The van der Waals surface area contributed by atoms with Crippen molar-refractivity contribution in [3.05, 3.63) is 24.3 Å². The van der Waals surface area contributed by atoms with Gasteiger partial charge in [-0.05, 0) is 42.5 Å². The number of hydrogen-bond acceptors (Lipinski definition) is 5. The molecule has 1 aromatic rings. The third-order valence-electron chi connectivity index (χ3n) is 3.32. The molecule has 0 heterocycles.